The lowest BCUT2D eigenvalue weighted by Crippen LogP contribution is -2.38. The van der Waals surface area contributed by atoms with Gasteiger partial charge in [-0.2, -0.15) is 0 Å². The van der Waals surface area contributed by atoms with Crippen LogP contribution in [0.5, 0.6) is 0 Å². The topological polar surface area (TPSA) is 66.5 Å². The lowest BCUT2D eigenvalue weighted by molar-refractivity contribution is -0.120. The van der Waals surface area contributed by atoms with Crippen LogP contribution < -0.4 is 9.62 Å². The summed E-state index contributed by atoms with van der Waals surface area (Å²) in [6.07, 6.45) is 1.53. The molecule has 0 atom stereocenters. The zero-order valence-corrected chi connectivity index (χ0v) is 13.3. The standard InChI is InChI=1S/C12H17BrN2O3S/c1-3-12(16)14-7-8-15(19(2,17)18)11-6-4-5-10(13)9-11/h4-6,9H,3,7-8H2,1-2H3,(H,14,16). The summed E-state index contributed by atoms with van der Waals surface area (Å²) in [4.78, 5) is 11.1. The number of nitrogens with zero attached hydrogens (tertiary/aromatic N) is 1. The van der Waals surface area contributed by atoms with E-state index in [0.29, 0.717) is 12.1 Å². The number of nitrogens with one attached hydrogen (secondary N) is 1. The van der Waals surface area contributed by atoms with E-state index in [0.717, 1.165) is 10.7 Å². The highest BCUT2D eigenvalue weighted by Gasteiger charge is 2.17. The van der Waals surface area contributed by atoms with Crippen molar-refractivity contribution in [2.24, 2.45) is 0 Å². The van der Waals surface area contributed by atoms with Crippen LogP contribution >= 0.6 is 15.9 Å². The minimum Gasteiger partial charge on any atom is -0.354 e. The Bertz CT molecular complexity index is 546. The van der Waals surface area contributed by atoms with E-state index in [2.05, 4.69) is 21.2 Å². The summed E-state index contributed by atoms with van der Waals surface area (Å²) >= 11 is 3.31. The van der Waals surface area contributed by atoms with E-state index >= 15 is 0 Å². The molecule has 0 aliphatic heterocycles. The van der Waals surface area contributed by atoms with Crippen LogP contribution in [0, 0.1) is 0 Å². The van der Waals surface area contributed by atoms with Crippen LogP contribution in [0.4, 0.5) is 5.69 Å². The maximum Gasteiger partial charge on any atom is 0.232 e. The SMILES string of the molecule is CCC(=O)NCCN(c1cccc(Br)c1)S(C)(=O)=O. The van der Waals surface area contributed by atoms with E-state index < -0.39 is 10.0 Å². The van der Waals surface area contributed by atoms with E-state index in [9.17, 15) is 13.2 Å². The van der Waals surface area contributed by atoms with Crippen molar-refractivity contribution in [1.82, 2.24) is 5.32 Å². The molecule has 1 aromatic carbocycles. The summed E-state index contributed by atoms with van der Waals surface area (Å²) in [5, 5.41) is 2.66. The molecule has 1 rings (SSSR count). The monoisotopic (exact) mass is 348 g/mol. The Balaban J connectivity index is 2.83. The van der Waals surface area contributed by atoms with Gasteiger partial charge in [0.15, 0.2) is 0 Å². The fraction of sp³-hybridized carbons (Fsp3) is 0.417. The van der Waals surface area contributed by atoms with Crippen LogP contribution in [-0.2, 0) is 14.8 Å². The molecule has 1 aromatic rings. The normalized spacial score (nSPS) is 11.1. The summed E-state index contributed by atoms with van der Waals surface area (Å²) in [6.45, 7) is 2.24. The van der Waals surface area contributed by atoms with Crippen molar-refractivity contribution in [2.45, 2.75) is 13.3 Å². The van der Waals surface area contributed by atoms with Crippen molar-refractivity contribution < 1.29 is 13.2 Å². The summed E-state index contributed by atoms with van der Waals surface area (Å²) in [7, 11) is -3.38. The van der Waals surface area contributed by atoms with Gasteiger partial charge in [-0.05, 0) is 18.2 Å². The first-order valence-electron chi connectivity index (χ1n) is 5.84. The Morgan fingerprint density at radius 1 is 1.42 bits per heavy atom. The summed E-state index contributed by atoms with van der Waals surface area (Å²) in [5.74, 6) is -0.0947. The van der Waals surface area contributed by atoms with Gasteiger partial charge in [-0.1, -0.05) is 28.9 Å². The number of amides is 1. The molecule has 0 unspecified atom stereocenters. The number of carbonyl (C=O) groups is 1. The van der Waals surface area contributed by atoms with E-state index in [1.807, 2.05) is 6.07 Å². The summed E-state index contributed by atoms with van der Waals surface area (Å²) in [6, 6.07) is 7.03. The van der Waals surface area contributed by atoms with Crippen LogP contribution in [-0.4, -0.2) is 33.7 Å². The van der Waals surface area contributed by atoms with Gasteiger partial charge in [0.1, 0.15) is 0 Å². The fourth-order valence-electron chi connectivity index (χ4n) is 1.54. The van der Waals surface area contributed by atoms with Gasteiger partial charge in [0.25, 0.3) is 0 Å². The molecule has 0 aliphatic rings. The van der Waals surface area contributed by atoms with Crippen molar-refractivity contribution >= 4 is 37.5 Å². The van der Waals surface area contributed by atoms with Crippen LogP contribution in [0.1, 0.15) is 13.3 Å². The van der Waals surface area contributed by atoms with Crippen LogP contribution in [0.3, 0.4) is 0 Å². The van der Waals surface area contributed by atoms with Gasteiger partial charge < -0.3 is 5.32 Å². The maximum atomic E-state index is 11.8. The predicted molar refractivity (Wildman–Crippen MR) is 79.6 cm³/mol. The number of anilines is 1. The minimum atomic E-state index is -3.38. The second kappa shape index (κ2) is 6.91. The van der Waals surface area contributed by atoms with Crippen molar-refractivity contribution in [2.75, 3.05) is 23.7 Å². The lowest BCUT2D eigenvalue weighted by atomic mass is 10.3. The number of benzene rings is 1. The number of hydrogen-bond donors (Lipinski definition) is 1. The first kappa shape index (κ1) is 16.0. The van der Waals surface area contributed by atoms with Gasteiger partial charge in [-0.3, -0.25) is 9.10 Å². The Labute approximate surface area is 122 Å². The highest BCUT2D eigenvalue weighted by Crippen LogP contribution is 2.21. The first-order valence-corrected chi connectivity index (χ1v) is 8.48. The number of halogens is 1. The molecule has 0 aliphatic carbocycles. The largest absolute Gasteiger partial charge is 0.354 e. The van der Waals surface area contributed by atoms with Crippen molar-refractivity contribution in [3.63, 3.8) is 0 Å². The molecule has 0 saturated carbocycles. The Morgan fingerprint density at radius 2 is 2.11 bits per heavy atom. The van der Waals surface area contributed by atoms with Crippen LogP contribution in [0.2, 0.25) is 0 Å². The number of carbonyl (C=O) groups excluding carboxylic acids is 1. The van der Waals surface area contributed by atoms with Crippen molar-refractivity contribution in [3.8, 4) is 0 Å². The second-order valence-corrected chi connectivity index (χ2v) is 6.84. The van der Waals surface area contributed by atoms with Crippen molar-refractivity contribution in [1.29, 1.82) is 0 Å². The predicted octanol–water partition coefficient (Wildman–Crippen LogP) is 1.74. The summed E-state index contributed by atoms with van der Waals surface area (Å²) < 4.78 is 25.6. The van der Waals surface area contributed by atoms with E-state index in [4.69, 9.17) is 0 Å². The van der Waals surface area contributed by atoms with Gasteiger partial charge >= 0.3 is 0 Å². The lowest BCUT2D eigenvalue weighted by Gasteiger charge is -2.22. The molecular weight excluding hydrogens is 332 g/mol. The van der Waals surface area contributed by atoms with Gasteiger partial charge in [0.05, 0.1) is 18.5 Å². The first-order chi connectivity index (χ1) is 8.84. The van der Waals surface area contributed by atoms with Gasteiger partial charge in [-0.25, -0.2) is 8.42 Å². The highest BCUT2D eigenvalue weighted by atomic mass is 79.9. The van der Waals surface area contributed by atoms with Gasteiger partial charge in [0.2, 0.25) is 15.9 Å². The molecule has 0 bridgehead atoms. The summed E-state index contributed by atoms with van der Waals surface area (Å²) in [5.41, 5.74) is 0.572. The molecule has 0 radical (unpaired) electrons. The zero-order chi connectivity index (χ0) is 14.5. The van der Waals surface area contributed by atoms with E-state index in [1.54, 1.807) is 25.1 Å². The Morgan fingerprint density at radius 3 is 2.63 bits per heavy atom. The highest BCUT2D eigenvalue weighted by molar-refractivity contribution is 9.10. The third-order valence-corrected chi connectivity index (χ3v) is 4.14. The molecule has 19 heavy (non-hydrogen) atoms. The Kier molecular flexibility index (Phi) is 5.81. The van der Waals surface area contributed by atoms with Gasteiger partial charge in [0, 0.05) is 17.4 Å². The third-order valence-electron chi connectivity index (χ3n) is 2.45. The molecule has 0 heterocycles. The van der Waals surface area contributed by atoms with E-state index in [-0.39, 0.29) is 19.0 Å². The molecule has 0 aromatic heterocycles. The zero-order valence-electron chi connectivity index (χ0n) is 10.9. The molecule has 0 spiro atoms. The smallest absolute Gasteiger partial charge is 0.232 e. The molecule has 0 fully saturated rings. The number of sulfonamides is 1. The quantitative estimate of drug-likeness (QED) is 0.851. The van der Waals surface area contributed by atoms with Crippen LogP contribution in [0.15, 0.2) is 28.7 Å². The van der Waals surface area contributed by atoms with E-state index in [1.165, 1.54) is 4.31 Å². The minimum absolute atomic E-state index is 0.0947. The molecule has 5 nitrogen and oxygen atoms in total. The Hall–Kier alpha value is -1.08. The average molecular weight is 349 g/mol. The van der Waals surface area contributed by atoms with Crippen LogP contribution in [0.25, 0.3) is 0 Å². The molecule has 1 N–H and O–H groups in total. The van der Waals surface area contributed by atoms with Crippen molar-refractivity contribution in [3.05, 3.63) is 28.7 Å². The molecule has 7 heteroatoms. The molecular formula is C12H17BrN2O3S. The number of rotatable bonds is 6. The molecule has 106 valence electrons. The van der Waals surface area contributed by atoms with Gasteiger partial charge in [-0.15, -0.1) is 0 Å². The molecule has 0 saturated heterocycles. The number of hydrogen-bond acceptors (Lipinski definition) is 3. The average Bonchev–Trinajstić information content (AvgIpc) is 2.32. The molecule has 1 amide bonds. The maximum absolute atomic E-state index is 11.8. The third kappa shape index (κ3) is 5.20. The second-order valence-electron chi connectivity index (χ2n) is 4.02. The fourth-order valence-corrected chi connectivity index (χ4v) is 2.85.